The fourth-order valence-corrected chi connectivity index (χ4v) is 7.10. The van der Waals surface area contributed by atoms with Crippen molar-refractivity contribution in [3.63, 3.8) is 0 Å². The lowest BCUT2D eigenvalue weighted by Crippen LogP contribution is -2.19. The second kappa shape index (κ2) is 11.1. The van der Waals surface area contributed by atoms with Gasteiger partial charge in [0.25, 0.3) is 0 Å². The molecule has 3 aromatic carbocycles. The van der Waals surface area contributed by atoms with E-state index in [1.165, 1.54) is 5.56 Å². The summed E-state index contributed by atoms with van der Waals surface area (Å²) in [6.45, 7) is 0. The molecule has 0 amide bonds. The molecule has 9 heteroatoms. The maximum atomic E-state index is 12.7. The molecule has 0 bridgehead atoms. The Morgan fingerprint density at radius 1 is 0.882 bits per heavy atom. The third-order valence-electron chi connectivity index (χ3n) is 6.31. The largest absolute Gasteiger partial charge is 0.476 e. The van der Waals surface area contributed by atoms with E-state index in [9.17, 15) is 8.42 Å². The lowest BCUT2D eigenvalue weighted by atomic mass is 9.70. The fourth-order valence-electron chi connectivity index (χ4n) is 4.39. The highest BCUT2D eigenvalue weighted by atomic mass is 79.9. The number of sulfone groups is 1. The summed E-state index contributed by atoms with van der Waals surface area (Å²) in [4.78, 5) is 0.232. The van der Waals surface area contributed by atoms with Gasteiger partial charge in [-0.05, 0) is 77.2 Å². The van der Waals surface area contributed by atoms with E-state index in [2.05, 4.69) is 61.8 Å². The number of hydrogen-bond acceptors (Lipinski definition) is 3. The molecule has 0 spiro atoms. The molecule has 176 valence electrons. The number of rotatable bonds is 6. The van der Waals surface area contributed by atoms with E-state index in [1.54, 1.807) is 24.3 Å². The van der Waals surface area contributed by atoms with Gasteiger partial charge in [-0.25, -0.2) is 8.42 Å². The first kappa shape index (κ1) is 26.3. The summed E-state index contributed by atoms with van der Waals surface area (Å²) in [7, 11) is 10.7. The Kier molecular flexibility index (Phi) is 8.59. The number of benzene rings is 3. The SMILES string of the molecule is [B]C1CCC(c2ccc(-c3cc(P)c(OCS(=O)(=O)c4ccc(Br)cc4)c(P)c3)c(P)c2)CC1. The molecule has 34 heavy (non-hydrogen) atoms. The zero-order chi connectivity index (χ0) is 24.5. The van der Waals surface area contributed by atoms with Gasteiger partial charge >= 0.3 is 0 Å². The summed E-state index contributed by atoms with van der Waals surface area (Å²) < 4.78 is 32.0. The van der Waals surface area contributed by atoms with Crippen molar-refractivity contribution in [1.82, 2.24) is 0 Å². The quantitative estimate of drug-likeness (QED) is 0.298. The summed E-state index contributed by atoms with van der Waals surface area (Å²) in [5.41, 5.74) is 3.55. The van der Waals surface area contributed by atoms with Gasteiger partial charge in [0.15, 0.2) is 5.94 Å². The molecule has 1 saturated carbocycles. The predicted molar refractivity (Wildman–Crippen MR) is 157 cm³/mol. The van der Waals surface area contributed by atoms with Gasteiger partial charge in [-0.3, -0.25) is 0 Å². The molecule has 2 radical (unpaired) electrons. The van der Waals surface area contributed by atoms with Crippen LogP contribution in [0.3, 0.4) is 0 Å². The molecule has 0 aliphatic heterocycles. The van der Waals surface area contributed by atoms with Gasteiger partial charge in [0, 0.05) is 15.1 Å². The minimum atomic E-state index is -3.57. The van der Waals surface area contributed by atoms with E-state index >= 15 is 0 Å². The van der Waals surface area contributed by atoms with E-state index in [1.807, 2.05) is 12.1 Å². The molecule has 3 atom stereocenters. The maximum absolute atomic E-state index is 12.7. The predicted octanol–water partition coefficient (Wildman–Crippen LogP) is 5.04. The Labute approximate surface area is 219 Å². The van der Waals surface area contributed by atoms with Crippen LogP contribution in [0.1, 0.15) is 37.2 Å². The van der Waals surface area contributed by atoms with Crippen LogP contribution in [0.5, 0.6) is 5.75 Å². The van der Waals surface area contributed by atoms with Crippen molar-refractivity contribution in [2.45, 2.75) is 42.3 Å². The van der Waals surface area contributed by atoms with E-state index in [4.69, 9.17) is 12.6 Å². The Bertz CT molecular complexity index is 1270. The third-order valence-corrected chi connectivity index (χ3v) is 9.59. The van der Waals surface area contributed by atoms with Crippen LogP contribution in [0, 0.1) is 0 Å². The van der Waals surface area contributed by atoms with E-state index in [0.29, 0.717) is 17.5 Å². The second-order valence-electron chi connectivity index (χ2n) is 8.77. The first-order valence-electron chi connectivity index (χ1n) is 11.1. The monoisotopic (exact) mass is 590 g/mol. The summed E-state index contributed by atoms with van der Waals surface area (Å²) in [5.74, 6) is 1.04. The average Bonchev–Trinajstić information content (AvgIpc) is 2.79. The molecular formula is C25H27BBrO3P3S. The second-order valence-corrected chi connectivity index (χ2v) is 13.5. The number of ether oxygens (including phenoxy) is 1. The summed E-state index contributed by atoms with van der Waals surface area (Å²) in [6.07, 6.45) is 4.46. The highest BCUT2D eigenvalue weighted by Crippen LogP contribution is 2.37. The standard InChI is InChI=1S/C25H27BBrO3P3S/c26-18-4-1-15(2-5-18)16-3-10-21(22(31)11-16)17-12-23(32)25(24(33)13-17)30-14-34(28,29)20-8-6-19(27)7-9-20/h3,6-13,15,18H,1-2,4-5,14,31-33H2. The Morgan fingerprint density at radius 3 is 2.09 bits per heavy atom. The molecule has 0 heterocycles. The summed E-state index contributed by atoms with van der Waals surface area (Å²) >= 11 is 3.33. The molecule has 0 aromatic heterocycles. The molecule has 3 nitrogen and oxygen atoms in total. The fraction of sp³-hybridized carbons (Fsp3) is 0.280. The molecule has 3 aromatic rings. The molecule has 3 unspecified atom stereocenters. The van der Waals surface area contributed by atoms with E-state index in [-0.39, 0.29) is 4.90 Å². The zero-order valence-electron chi connectivity index (χ0n) is 18.7. The van der Waals surface area contributed by atoms with Gasteiger partial charge in [0.2, 0.25) is 9.84 Å². The van der Waals surface area contributed by atoms with Crippen molar-refractivity contribution in [2.75, 3.05) is 5.94 Å². The maximum Gasteiger partial charge on any atom is 0.213 e. The van der Waals surface area contributed by atoms with Crippen molar-refractivity contribution in [3.05, 3.63) is 64.6 Å². The first-order chi connectivity index (χ1) is 16.1. The highest BCUT2D eigenvalue weighted by Gasteiger charge is 2.21. The zero-order valence-corrected chi connectivity index (χ0v) is 24.6. The van der Waals surface area contributed by atoms with Crippen LogP contribution in [0.25, 0.3) is 11.1 Å². The topological polar surface area (TPSA) is 43.4 Å². The molecule has 1 aliphatic carbocycles. The van der Waals surface area contributed by atoms with Crippen LogP contribution in [-0.2, 0) is 9.84 Å². The van der Waals surface area contributed by atoms with Gasteiger partial charge in [-0.1, -0.05) is 52.8 Å². The normalized spacial score (nSPS) is 18.6. The van der Waals surface area contributed by atoms with E-state index < -0.39 is 15.8 Å². The van der Waals surface area contributed by atoms with Crippen LogP contribution < -0.4 is 20.7 Å². The lowest BCUT2D eigenvalue weighted by molar-refractivity contribution is 0.383. The van der Waals surface area contributed by atoms with Crippen molar-refractivity contribution in [2.24, 2.45) is 0 Å². The van der Waals surface area contributed by atoms with Gasteiger partial charge in [-0.2, -0.15) is 0 Å². The molecular weight excluding hydrogens is 564 g/mol. The third kappa shape index (κ3) is 6.14. The molecule has 1 aliphatic rings. The van der Waals surface area contributed by atoms with E-state index in [0.717, 1.165) is 57.2 Å². The minimum Gasteiger partial charge on any atom is -0.476 e. The summed E-state index contributed by atoms with van der Waals surface area (Å²) in [6, 6.07) is 17.3. The average molecular weight is 591 g/mol. The van der Waals surface area contributed by atoms with Crippen molar-refractivity contribution in [1.29, 1.82) is 0 Å². The van der Waals surface area contributed by atoms with Crippen LogP contribution in [0.2, 0.25) is 5.82 Å². The van der Waals surface area contributed by atoms with Crippen LogP contribution >= 0.6 is 43.6 Å². The van der Waals surface area contributed by atoms with Crippen molar-refractivity contribution >= 4 is 77.2 Å². The lowest BCUT2D eigenvalue weighted by Gasteiger charge is -2.27. The van der Waals surface area contributed by atoms with Crippen LogP contribution in [-0.4, -0.2) is 22.2 Å². The minimum absolute atomic E-state index is 0.232. The van der Waals surface area contributed by atoms with Gasteiger partial charge in [0.05, 0.1) is 12.7 Å². The van der Waals surface area contributed by atoms with Crippen LogP contribution in [0.4, 0.5) is 0 Å². The molecule has 4 rings (SSSR count). The number of halogens is 1. The highest BCUT2D eigenvalue weighted by molar-refractivity contribution is 9.10. The van der Waals surface area contributed by atoms with Crippen molar-refractivity contribution in [3.8, 4) is 16.9 Å². The van der Waals surface area contributed by atoms with Gasteiger partial charge < -0.3 is 4.74 Å². The smallest absolute Gasteiger partial charge is 0.213 e. The van der Waals surface area contributed by atoms with Gasteiger partial charge in [0.1, 0.15) is 5.75 Å². The first-order valence-corrected chi connectivity index (χ1v) is 15.3. The Balaban J connectivity index is 1.53. The Hall–Kier alpha value is -0.755. The number of hydrogen-bond donors (Lipinski definition) is 0. The van der Waals surface area contributed by atoms with Crippen LogP contribution in [0.15, 0.2) is 64.0 Å². The molecule has 0 saturated heterocycles. The van der Waals surface area contributed by atoms with Gasteiger partial charge in [-0.15, -0.1) is 27.7 Å². The molecule has 0 N–H and O–H groups in total. The summed E-state index contributed by atoms with van der Waals surface area (Å²) in [5, 5.41) is 2.76. The van der Waals surface area contributed by atoms with Crippen molar-refractivity contribution < 1.29 is 13.2 Å². The Morgan fingerprint density at radius 2 is 1.50 bits per heavy atom. The molecule has 1 fully saturated rings.